The maximum absolute atomic E-state index is 11.8. The van der Waals surface area contributed by atoms with Crippen LogP contribution in [-0.2, 0) is 9.53 Å². The van der Waals surface area contributed by atoms with Crippen molar-refractivity contribution >= 4 is 12.0 Å². The lowest BCUT2D eigenvalue weighted by Gasteiger charge is -2.27. The second-order valence-electron chi connectivity index (χ2n) is 4.84. The van der Waals surface area contributed by atoms with Crippen LogP contribution in [0.25, 0.3) is 0 Å². The Morgan fingerprint density at radius 3 is 2.56 bits per heavy atom. The van der Waals surface area contributed by atoms with Crippen molar-refractivity contribution in [3.05, 3.63) is 0 Å². The highest BCUT2D eigenvalue weighted by molar-refractivity contribution is 5.85. The van der Waals surface area contributed by atoms with Crippen molar-refractivity contribution in [2.24, 2.45) is 5.84 Å². The summed E-state index contributed by atoms with van der Waals surface area (Å²) < 4.78 is 5.21. The van der Waals surface area contributed by atoms with Crippen LogP contribution >= 0.6 is 0 Å². The van der Waals surface area contributed by atoms with Gasteiger partial charge < -0.3 is 4.74 Å². The van der Waals surface area contributed by atoms with Crippen molar-refractivity contribution in [2.75, 3.05) is 6.54 Å². The van der Waals surface area contributed by atoms with Crippen LogP contribution in [0.3, 0.4) is 0 Å². The smallest absolute Gasteiger partial charge is 0.410 e. The van der Waals surface area contributed by atoms with Gasteiger partial charge >= 0.3 is 6.09 Å². The largest absolute Gasteiger partial charge is 0.444 e. The van der Waals surface area contributed by atoms with E-state index in [0.29, 0.717) is 13.0 Å². The third kappa shape index (κ3) is 3.10. The van der Waals surface area contributed by atoms with Gasteiger partial charge in [0.05, 0.1) is 0 Å². The van der Waals surface area contributed by atoms with Gasteiger partial charge in [-0.3, -0.25) is 15.1 Å². The molecule has 92 valence electrons. The van der Waals surface area contributed by atoms with Crippen molar-refractivity contribution < 1.29 is 14.3 Å². The molecule has 0 aromatic rings. The van der Waals surface area contributed by atoms with E-state index < -0.39 is 17.7 Å². The van der Waals surface area contributed by atoms with E-state index in [-0.39, 0.29) is 5.91 Å². The van der Waals surface area contributed by atoms with Gasteiger partial charge in [-0.25, -0.2) is 10.6 Å². The molecule has 1 aliphatic heterocycles. The lowest BCUT2D eigenvalue weighted by Crippen LogP contribution is -2.49. The Balaban J connectivity index is 2.65. The summed E-state index contributed by atoms with van der Waals surface area (Å²) in [5.74, 6) is 4.72. The molecule has 6 nitrogen and oxygen atoms in total. The number of amides is 2. The number of ether oxygens (including phenoxy) is 1. The quantitative estimate of drug-likeness (QED) is 0.386. The number of rotatable bonds is 1. The fourth-order valence-electron chi connectivity index (χ4n) is 1.67. The zero-order chi connectivity index (χ0) is 12.3. The summed E-state index contributed by atoms with van der Waals surface area (Å²) in [6, 6.07) is -0.500. The normalized spacial score (nSPS) is 20.8. The van der Waals surface area contributed by atoms with Gasteiger partial charge in [0, 0.05) is 6.54 Å². The van der Waals surface area contributed by atoms with Crippen LogP contribution in [0.2, 0.25) is 0 Å². The first kappa shape index (κ1) is 12.8. The molecular formula is C10H19N3O3. The Labute approximate surface area is 95.1 Å². The summed E-state index contributed by atoms with van der Waals surface area (Å²) in [5.41, 5.74) is 1.51. The van der Waals surface area contributed by atoms with E-state index in [0.717, 1.165) is 6.42 Å². The SMILES string of the molecule is CC(C)(C)OC(=O)N1CCC[C@H]1C(=O)NN. The van der Waals surface area contributed by atoms with Crippen molar-refractivity contribution in [3.8, 4) is 0 Å². The lowest BCUT2D eigenvalue weighted by atomic mass is 10.2. The Bertz CT molecular complexity index is 286. The minimum atomic E-state index is -0.552. The fourth-order valence-corrected chi connectivity index (χ4v) is 1.67. The van der Waals surface area contributed by atoms with E-state index in [1.165, 1.54) is 4.90 Å². The van der Waals surface area contributed by atoms with Gasteiger partial charge in [0.15, 0.2) is 0 Å². The number of likely N-dealkylation sites (tertiary alicyclic amines) is 1. The second-order valence-corrected chi connectivity index (χ2v) is 4.84. The van der Waals surface area contributed by atoms with Crippen LogP contribution in [0.5, 0.6) is 0 Å². The van der Waals surface area contributed by atoms with Crippen molar-refractivity contribution in [1.82, 2.24) is 10.3 Å². The van der Waals surface area contributed by atoms with Crippen LogP contribution in [0.15, 0.2) is 0 Å². The molecule has 1 atom stereocenters. The molecule has 2 amide bonds. The highest BCUT2D eigenvalue weighted by Crippen LogP contribution is 2.20. The number of nitrogens with zero attached hydrogens (tertiary/aromatic N) is 1. The average Bonchev–Trinajstić information content (AvgIpc) is 2.62. The molecule has 0 aromatic carbocycles. The van der Waals surface area contributed by atoms with Gasteiger partial charge in [0.2, 0.25) is 0 Å². The highest BCUT2D eigenvalue weighted by atomic mass is 16.6. The van der Waals surface area contributed by atoms with E-state index in [9.17, 15) is 9.59 Å². The van der Waals surface area contributed by atoms with Crippen LogP contribution in [-0.4, -0.2) is 35.1 Å². The molecule has 1 rings (SSSR count). The van der Waals surface area contributed by atoms with Crippen molar-refractivity contribution in [1.29, 1.82) is 0 Å². The molecule has 1 aliphatic rings. The van der Waals surface area contributed by atoms with Gasteiger partial charge in [0.25, 0.3) is 5.91 Å². The van der Waals surface area contributed by atoms with E-state index in [2.05, 4.69) is 5.43 Å². The molecule has 3 N–H and O–H groups in total. The molecule has 0 bridgehead atoms. The molecule has 1 saturated heterocycles. The Morgan fingerprint density at radius 1 is 1.44 bits per heavy atom. The van der Waals surface area contributed by atoms with Crippen molar-refractivity contribution in [2.45, 2.75) is 45.3 Å². The maximum Gasteiger partial charge on any atom is 0.410 e. The van der Waals surface area contributed by atoms with E-state index in [1.54, 1.807) is 20.8 Å². The number of carbonyl (C=O) groups excluding carboxylic acids is 2. The van der Waals surface area contributed by atoms with Crippen LogP contribution < -0.4 is 11.3 Å². The minimum absolute atomic E-state index is 0.344. The van der Waals surface area contributed by atoms with Gasteiger partial charge in [0.1, 0.15) is 11.6 Å². The van der Waals surface area contributed by atoms with Gasteiger partial charge in [-0.05, 0) is 33.6 Å². The molecule has 0 radical (unpaired) electrons. The first-order chi connectivity index (χ1) is 7.35. The van der Waals surface area contributed by atoms with Crippen LogP contribution in [0.4, 0.5) is 4.79 Å². The lowest BCUT2D eigenvalue weighted by molar-refractivity contribution is -0.125. The molecule has 1 fully saturated rings. The predicted octanol–water partition coefficient (Wildman–Crippen LogP) is 0.376. The molecule has 0 aliphatic carbocycles. The summed E-state index contributed by atoms with van der Waals surface area (Å²) in [6.45, 7) is 5.91. The summed E-state index contributed by atoms with van der Waals surface area (Å²) in [5, 5.41) is 0. The third-order valence-corrected chi connectivity index (χ3v) is 2.33. The minimum Gasteiger partial charge on any atom is -0.444 e. The number of carbonyl (C=O) groups is 2. The third-order valence-electron chi connectivity index (χ3n) is 2.33. The molecule has 0 aromatic heterocycles. The topological polar surface area (TPSA) is 84.7 Å². The van der Waals surface area contributed by atoms with E-state index in [1.807, 2.05) is 0 Å². The predicted molar refractivity (Wildman–Crippen MR) is 58.3 cm³/mol. The molecule has 1 heterocycles. The summed E-state index contributed by atoms with van der Waals surface area (Å²) >= 11 is 0. The average molecular weight is 229 g/mol. The summed E-state index contributed by atoms with van der Waals surface area (Å²) in [4.78, 5) is 24.6. The molecule has 6 heteroatoms. The standard InChI is InChI=1S/C10H19N3O3/c1-10(2,3)16-9(15)13-6-4-5-7(13)8(14)12-11/h7H,4-6,11H2,1-3H3,(H,12,14)/t7-/m0/s1. The highest BCUT2D eigenvalue weighted by Gasteiger charge is 2.36. The number of hydrogen-bond donors (Lipinski definition) is 2. The zero-order valence-corrected chi connectivity index (χ0v) is 9.95. The zero-order valence-electron chi connectivity index (χ0n) is 9.95. The Kier molecular flexibility index (Phi) is 3.74. The van der Waals surface area contributed by atoms with E-state index >= 15 is 0 Å². The number of hydrogen-bond acceptors (Lipinski definition) is 4. The molecule has 0 saturated carbocycles. The first-order valence-electron chi connectivity index (χ1n) is 5.35. The molecular weight excluding hydrogens is 210 g/mol. The van der Waals surface area contributed by atoms with Crippen molar-refractivity contribution in [3.63, 3.8) is 0 Å². The van der Waals surface area contributed by atoms with Crippen LogP contribution in [0.1, 0.15) is 33.6 Å². The van der Waals surface area contributed by atoms with Gasteiger partial charge in [-0.2, -0.15) is 0 Å². The fraction of sp³-hybridized carbons (Fsp3) is 0.800. The Morgan fingerprint density at radius 2 is 2.06 bits per heavy atom. The monoisotopic (exact) mass is 229 g/mol. The molecule has 0 unspecified atom stereocenters. The first-order valence-corrected chi connectivity index (χ1v) is 5.35. The van der Waals surface area contributed by atoms with Gasteiger partial charge in [-0.15, -0.1) is 0 Å². The van der Waals surface area contributed by atoms with Crippen LogP contribution in [0, 0.1) is 0 Å². The number of nitrogens with one attached hydrogen (secondary N) is 1. The molecule has 0 spiro atoms. The second kappa shape index (κ2) is 4.69. The van der Waals surface area contributed by atoms with Gasteiger partial charge in [-0.1, -0.05) is 0 Å². The summed E-state index contributed by atoms with van der Waals surface area (Å²) in [6.07, 6.45) is 0.957. The Hall–Kier alpha value is -1.30. The number of nitrogens with two attached hydrogens (primary N) is 1. The summed E-state index contributed by atoms with van der Waals surface area (Å²) in [7, 11) is 0. The van der Waals surface area contributed by atoms with E-state index in [4.69, 9.17) is 10.6 Å². The number of hydrazine groups is 1. The maximum atomic E-state index is 11.8. The molecule has 16 heavy (non-hydrogen) atoms.